The molecule has 2 aliphatic heterocycles. The van der Waals surface area contributed by atoms with Crippen LogP contribution in [-0.4, -0.2) is 55.7 Å². The lowest BCUT2D eigenvalue weighted by molar-refractivity contribution is -0.0208. The molecule has 2 aromatic rings. The van der Waals surface area contributed by atoms with E-state index in [9.17, 15) is 14.0 Å². The molecule has 7 heteroatoms. The highest BCUT2D eigenvalue weighted by Gasteiger charge is 2.27. The van der Waals surface area contributed by atoms with E-state index >= 15 is 0 Å². The summed E-state index contributed by atoms with van der Waals surface area (Å²) < 4.78 is 18.9. The third-order valence-corrected chi connectivity index (χ3v) is 5.06. The van der Waals surface area contributed by atoms with Gasteiger partial charge in [-0.25, -0.2) is 9.18 Å². The van der Waals surface area contributed by atoms with E-state index in [0.29, 0.717) is 44.8 Å². The van der Waals surface area contributed by atoms with E-state index in [4.69, 9.17) is 4.74 Å². The molecule has 1 atom stereocenters. The Morgan fingerprint density at radius 1 is 1.18 bits per heavy atom. The Balaban J connectivity index is 1.44. The topological polar surface area (TPSA) is 61.9 Å². The molecule has 4 rings (SSSR count). The molecule has 0 unspecified atom stereocenters. The first-order chi connectivity index (χ1) is 13.6. The Morgan fingerprint density at radius 3 is 2.75 bits per heavy atom. The highest BCUT2D eigenvalue weighted by atomic mass is 19.1. The van der Waals surface area contributed by atoms with E-state index in [1.807, 2.05) is 6.07 Å². The molecule has 2 aliphatic rings. The van der Waals surface area contributed by atoms with Crippen molar-refractivity contribution in [3.8, 4) is 0 Å². The number of urea groups is 1. The maximum absolute atomic E-state index is 13.1. The number of amides is 3. The zero-order valence-corrected chi connectivity index (χ0v) is 15.4. The van der Waals surface area contributed by atoms with Crippen LogP contribution >= 0.6 is 0 Å². The minimum atomic E-state index is -0.267. The van der Waals surface area contributed by atoms with Gasteiger partial charge in [0.05, 0.1) is 12.7 Å². The molecule has 0 saturated carbocycles. The number of hydrogen-bond donors (Lipinski definition) is 1. The van der Waals surface area contributed by atoms with E-state index in [-0.39, 0.29) is 23.9 Å². The van der Waals surface area contributed by atoms with Gasteiger partial charge in [0, 0.05) is 43.9 Å². The highest BCUT2D eigenvalue weighted by molar-refractivity contribution is 5.98. The summed E-state index contributed by atoms with van der Waals surface area (Å²) in [6, 6.07) is 13.4. The molecule has 0 radical (unpaired) electrons. The van der Waals surface area contributed by atoms with Gasteiger partial charge in [-0.05, 0) is 35.9 Å². The van der Waals surface area contributed by atoms with Gasteiger partial charge in [-0.2, -0.15) is 0 Å². The van der Waals surface area contributed by atoms with Gasteiger partial charge in [-0.1, -0.05) is 18.2 Å². The molecule has 1 N–H and O–H groups in total. The summed E-state index contributed by atoms with van der Waals surface area (Å²) in [6.07, 6.45) is 0.494. The number of nitrogens with one attached hydrogen (secondary N) is 1. The maximum Gasteiger partial charge on any atom is 0.321 e. The Hall–Kier alpha value is -2.93. The zero-order chi connectivity index (χ0) is 19.5. The van der Waals surface area contributed by atoms with E-state index < -0.39 is 0 Å². The summed E-state index contributed by atoms with van der Waals surface area (Å²) >= 11 is 0. The van der Waals surface area contributed by atoms with E-state index in [1.165, 1.54) is 12.1 Å². The van der Waals surface area contributed by atoms with Gasteiger partial charge in [-0.15, -0.1) is 0 Å². The fourth-order valence-corrected chi connectivity index (χ4v) is 3.62. The number of nitrogens with zero attached hydrogens (tertiary/aromatic N) is 2. The average Bonchev–Trinajstić information content (AvgIpc) is 3.15. The lowest BCUT2D eigenvalue weighted by atomic mass is 10.1. The number of ether oxygens (including phenoxy) is 1. The average molecular weight is 383 g/mol. The molecule has 3 amide bonds. The highest BCUT2D eigenvalue weighted by Crippen LogP contribution is 2.21. The molecule has 0 aliphatic carbocycles. The number of benzene rings is 2. The molecule has 0 spiro atoms. The number of carbonyl (C=O) groups excluding carboxylic acids is 2. The second kappa shape index (κ2) is 7.98. The van der Waals surface area contributed by atoms with Crippen molar-refractivity contribution < 1.29 is 18.7 Å². The lowest BCUT2D eigenvalue weighted by Gasteiger charge is -2.33. The lowest BCUT2D eigenvalue weighted by Crippen LogP contribution is -2.46. The molecule has 0 aromatic heterocycles. The van der Waals surface area contributed by atoms with Crippen molar-refractivity contribution in [2.24, 2.45) is 0 Å². The Morgan fingerprint density at radius 2 is 2.00 bits per heavy atom. The molecule has 2 fully saturated rings. The van der Waals surface area contributed by atoms with E-state index in [2.05, 4.69) is 5.32 Å². The fourth-order valence-electron chi connectivity index (χ4n) is 3.62. The van der Waals surface area contributed by atoms with Crippen LogP contribution in [-0.2, 0) is 11.2 Å². The van der Waals surface area contributed by atoms with Crippen molar-refractivity contribution in [2.45, 2.75) is 12.5 Å². The van der Waals surface area contributed by atoms with Crippen molar-refractivity contribution in [1.29, 1.82) is 0 Å². The minimum Gasteiger partial charge on any atom is -0.374 e. The number of carbonyl (C=O) groups is 2. The molecule has 2 heterocycles. The standard InChI is InChI=1S/C21H22FN3O3/c22-17-6-4-15(5-7-17)12-19-14-24(10-11-28-19)20(26)16-2-1-3-18(13-16)25-9-8-23-21(25)27/h1-7,13,19H,8-12,14H2,(H,23,27)/t19-/m1/s1. The van der Waals surface area contributed by atoms with Gasteiger partial charge in [-0.3, -0.25) is 9.69 Å². The molecular formula is C21H22FN3O3. The molecule has 28 heavy (non-hydrogen) atoms. The van der Waals surface area contributed by atoms with E-state index in [1.54, 1.807) is 40.1 Å². The van der Waals surface area contributed by atoms with Gasteiger partial charge in [0.2, 0.25) is 0 Å². The van der Waals surface area contributed by atoms with Gasteiger partial charge in [0.1, 0.15) is 5.82 Å². The summed E-state index contributed by atoms with van der Waals surface area (Å²) in [6.45, 7) is 2.66. The van der Waals surface area contributed by atoms with E-state index in [0.717, 1.165) is 11.3 Å². The third-order valence-electron chi connectivity index (χ3n) is 5.06. The van der Waals surface area contributed by atoms with Gasteiger partial charge < -0.3 is 15.0 Å². The molecule has 2 aromatic carbocycles. The normalized spacial score (nSPS) is 19.6. The maximum atomic E-state index is 13.1. The summed E-state index contributed by atoms with van der Waals surface area (Å²) in [5.41, 5.74) is 2.25. The molecule has 2 saturated heterocycles. The number of halogens is 1. The first kappa shape index (κ1) is 18.4. The fraction of sp³-hybridized carbons (Fsp3) is 0.333. The number of rotatable bonds is 4. The van der Waals surface area contributed by atoms with Crippen LogP contribution in [0.2, 0.25) is 0 Å². The Kier molecular flexibility index (Phi) is 5.25. The van der Waals surface area contributed by atoms with Crippen molar-refractivity contribution in [2.75, 3.05) is 37.7 Å². The van der Waals surface area contributed by atoms with Crippen LogP contribution in [0.3, 0.4) is 0 Å². The smallest absolute Gasteiger partial charge is 0.321 e. The molecular weight excluding hydrogens is 361 g/mol. The first-order valence-electron chi connectivity index (χ1n) is 9.41. The number of hydrogen-bond acceptors (Lipinski definition) is 3. The second-order valence-corrected chi connectivity index (χ2v) is 7.01. The summed E-state index contributed by atoms with van der Waals surface area (Å²) in [7, 11) is 0. The van der Waals surface area contributed by atoms with Crippen LogP contribution in [0.15, 0.2) is 48.5 Å². The SMILES string of the molecule is O=C(c1cccc(N2CCNC2=O)c1)N1CCO[C@H](Cc2ccc(F)cc2)C1. The zero-order valence-electron chi connectivity index (χ0n) is 15.4. The Labute approximate surface area is 162 Å². The first-order valence-corrected chi connectivity index (χ1v) is 9.41. The van der Waals surface area contributed by atoms with Gasteiger partial charge in [0.15, 0.2) is 0 Å². The predicted molar refractivity (Wildman–Crippen MR) is 103 cm³/mol. The predicted octanol–water partition coefficient (Wildman–Crippen LogP) is 2.44. The summed E-state index contributed by atoms with van der Waals surface area (Å²) in [5, 5.41) is 2.76. The van der Waals surface area contributed by atoms with Crippen LogP contribution in [0.4, 0.5) is 14.9 Å². The van der Waals surface area contributed by atoms with Crippen LogP contribution in [0, 0.1) is 5.82 Å². The van der Waals surface area contributed by atoms with Crippen molar-refractivity contribution in [3.05, 3.63) is 65.5 Å². The molecule has 146 valence electrons. The Bertz CT molecular complexity index is 871. The van der Waals surface area contributed by atoms with Crippen LogP contribution in [0.1, 0.15) is 15.9 Å². The quantitative estimate of drug-likeness (QED) is 0.882. The van der Waals surface area contributed by atoms with Crippen molar-refractivity contribution in [1.82, 2.24) is 10.2 Å². The van der Waals surface area contributed by atoms with Crippen LogP contribution in [0.5, 0.6) is 0 Å². The summed E-state index contributed by atoms with van der Waals surface area (Å²) in [5.74, 6) is -0.342. The molecule has 0 bridgehead atoms. The van der Waals surface area contributed by atoms with Crippen LogP contribution < -0.4 is 10.2 Å². The van der Waals surface area contributed by atoms with Crippen molar-refractivity contribution in [3.63, 3.8) is 0 Å². The van der Waals surface area contributed by atoms with Crippen molar-refractivity contribution >= 4 is 17.6 Å². The monoisotopic (exact) mass is 383 g/mol. The molecule has 6 nitrogen and oxygen atoms in total. The number of anilines is 1. The largest absolute Gasteiger partial charge is 0.374 e. The second-order valence-electron chi connectivity index (χ2n) is 7.01. The van der Waals surface area contributed by atoms with Gasteiger partial charge in [0.25, 0.3) is 5.91 Å². The summed E-state index contributed by atoms with van der Waals surface area (Å²) in [4.78, 5) is 28.3. The van der Waals surface area contributed by atoms with Gasteiger partial charge >= 0.3 is 6.03 Å². The number of morpholine rings is 1. The van der Waals surface area contributed by atoms with Crippen LogP contribution in [0.25, 0.3) is 0 Å². The minimum absolute atomic E-state index is 0.0751. The third kappa shape index (κ3) is 3.99.